The van der Waals surface area contributed by atoms with Crippen molar-refractivity contribution in [1.82, 2.24) is 4.98 Å². The molecule has 2 nitrogen and oxygen atoms in total. The van der Waals surface area contributed by atoms with E-state index in [2.05, 4.69) is 4.98 Å². The molecule has 1 aromatic rings. The molecular formula is C10H7F5N2S. The molecule has 0 atom stereocenters. The number of alkyl halides is 3. The van der Waals surface area contributed by atoms with Gasteiger partial charge >= 0.3 is 6.18 Å². The van der Waals surface area contributed by atoms with Crippen LogP contribution in [-0.2, 0) is 0 Å². The van der Waals surface area contributed by atoms with Crippen molar-refractivity contribution in [3.63, 3.8) is 0 Å². The third-order valence-electron chi connectivity index (χ3n) is 2.46. The number of aromatic nitrogens is 1. The number of rotatable bonds is 1. The molecule has 2 rings (SSSR count). The number of thiazole rings is 1. The third kappa shape index (κ3) is 2.24. The maximum atomic E-state index is 13.7. The van der Waals surface area contributed by atoms with E-state index in [4.69, 9.17) is 5.73 Å². The quantitative estimate of drug-likeness (QED) is 0.791. The molecule has 0 saturated heterocycles. The van der Waals surface area contributed by atoms with Gasteiger partial charge in [0.25, 0.3) is 0 Å². The SMILES string of the molecule is Nc1nc(C2=C(F)C(C(F)(F)F)=C(F)CC2)cs1. The first-order valence-electron chi connectivity index (χ1n) is 4.87. The normalized spacial score (nSPS) is 17.6. The summed E-state index contributed by atoms with van der Waals surface area (Å²) in [6.07, 6.45) is -5.71. The lowest BCUT2D eigenvalue weighted by atomic mass is 9.95. The van der Waals surface area contributed by atoms with Crippen LogP contribution < -0.4 is 5.73 Å². The van der Waals surface area contributed by atoms with Gasteiger partial charge in [-0.3, -0.25) is 0 Å². The van der Waals surface area contributed by atoms with E-state index in [1.807, 2.05) is 0 Å². The summed E-state index contributed by atoms with van der Waals surface area (Å²) in [6, 6.07) is 0. The molecule has 0 fully saturated rings. The average Bonchev–Trinajstić information content (AvgIpc) is 2.62. The average molecular weight is 282 g/mol. The summed E-state index contributed by atoms with van der Waals surface area (Å²) in [4.78, 5) is 3.71. The Morgan fingerprint density at radius 2 is 1.89 bits per heavy atom. The van der Waals surface area contributed by atoms with Gasteiger partial charge in [-0.25, -0.2) is 13.8 Å². The van der Waals surface area contributed by atoms with E-state index in [1.165, 1.54) is 5.38 Å². The van der Waals surface area contributed by atoms with Crippen molar-refractivity contribution >= 4 is 22.0 Å². The highest BCUT2D eigenvalue weighted by Crippen LogP contribution is 2.44. The van der Waals surface area contributed by atoms with E-state index in [-0.39, 0.29) is 22.8 Å². The number of hydrogen-bond donors (Lipinski definition) is 1. The zero-order chi connectivity index (χ0) is 13.5. The zero-order valence-corrected chi connectivity index (χ0v) is 9.63. The van der Waals surface area contributed by atoms with Crippen LogP contribution in [0.1, 0.15) is 18.5 Å². The summed E-state index contributed by atoms with van der Waals surface area (Å²) in [7, 11) is 0. The highest BCUT2D eigenvalue weighted by atomic mass is 32.1. The second-order valence-electron chi connectivity index (χ2n) is 3.64. The lowest BCUT2D eigenvalue weighted by Crippen LogP contribution is -2.17. The van der Waals surface area contributed by atoms with Crippen LogP contribution in [0.3, 0.4) is 0 Å². The second kappa shape index (κ2) is 4.34. The van der Waals surface area contributed by atoms with Gasteiger partial charge in [0, 0.05) is 17.4 Å². The van der Waals surface area contributed by atoms with Gasteiger partial charge < -0.3 is 5.73 Å². The Kier molecular flexibility index (Phi) is 3.14. The highest BCUT2D eigenvalue weighted by Gasteiger charge is 2.43. The fourth-order valence-electron chi connectivity index (χ4n) is 1.68. The molecule has 0 radical (unpaired) electrons. The zero-order valence-electron chi connectivity index (χ0n) is 8.81. The van der Waals surface area contributed by atoms with Crippen LogP contribution in [-0.4, -0.2) is 11.2 Å². The Labute approximate surface area is 103 Å². The monoisotopic (exact) mass is 282 g/mol. The first kappa shape index (κ1) is 13.0. The summed E-state index contributed by atoms with van der Waals surface area (Å²) in [5.41, 5.74) is 3.27. The Morgan fingerprint density at radius 3 is 2.39 bits per heavy atom. The number of halogens is 5. The van der Waals surface area contributed by atoms with Crippen LogP contribution in [0.5, 0.6) is 0 Å². The molecule has 8 heteroatoms. The molecule has 0 spiro atoms. The Morgan fingerprint density at radius 1 is 1.22 bits per heavy atom. The molecule has 2 N–H and O–H groups in total. The number of allylic oxidation sites excluding steroid dienone is 4. The fourth-order valence-corrected chi connectivity index (χ4v) is 2.26. The van der Waals surface area contributed by atoms with Gasteiger partial charge in [-0.15, -0.1) is 11.3 Å². The third-order valence-corrected chi connectivity index (χ3v) is 3.14. The van der Waals surface area contributed by atoms with E-state index in [0.29, 0.717) is 0 Å². The van der Waals surface area contributed by atoms with E-state index < -0.39 is 29.8 Å². The molecule has 0 saturated carbocycles. The minimum atomic E-state index is -5.05. The van der Waals surface area contributed by atoms with E-state index in [1.54, 1.807) is 0 Å². The number of hydrogen-bond acceptors (Lipinski definition) is 3. The van der Waals surface area contributed by atoms with Gasteiger partial charge in [0.1, 0.15) is 17.2 Å². The predicted octanol–water partition coefficient (Wildman–Crippen LogP) is 3.99. The van der Waals surface area contributed by atoms with Crippen molar-refractivity contribution in [2.24, 2.45) is 0 Å². The molecule has 0 amide bonds. The Bertz CT molecular complexity index is 541. The van der Waals surface area contributed by atoms with E-state index in [0.717, 1.165) is 11.3 Å². The van der Waals surface area contributed by atoms with Gasteiger partial charge in [0.05, 0.1) is 5.69 Å². The molecule has 1 aliphatic rings. The van der Waals surface area contributed by atoms with Gasteiger partial charge in [-0.1, -0.05) is 0 Å². The molecule has 1 heterocycles. The molecule has 0 bridgehead atoms. The molecule has 1 aromatic heterocycles. The molecule has 0 aromatic carbocycles. The van der Waals surface area contributed by atoms with Gasteiger partial charge in [-0.2, -0.15) is 13.2 Å². The number of anilines is 1. The molecular weight excluding hydrogens is 275 g/mol. The summed E-state index contributed by atoms with van der Waals surface area (Å²) in [6.45, 7) is 0. The Balaban J connectivity index is 2.53. The first-order valence-corrected chi connectivity index (χ1v) is 5.75. The van der Waals surface area contributed by atoms with E-state index in [9.17, 15) is 22.0 Å². The second-order valence-corrected chi connectivity index (χ2v) is 4.53. The van der Waals surface area contributed by atoms with Gasteiger partial charge in [0.2, 0.25) is 0 Å². The first-order chi connectivity index (χ1) is 8.30. The van der Waals surface area contributed by atoms with Crippen LogP contribution in [0.15, 0.2) is 22.6 Å². The van der Waals surface area contributed by atoms with Crippen LogP contribution in [0.25, 0.3) is 5.57 Å². The summed E-state index contributed by atoms with van der Waals surface area (Å²) >= 11 is 0.984. The minimum absolute atomic E-state index is 0.0317. The summed E-state index contributed by atoms with van der Waals surface area (Å²) < 4.78 is 64.4. The smallest absolute Gasteiger partial charge is 0.375 e. The van der Waals surface area contributed by atoms with Crippen molar-refractivity contribution in [2.75, 3.05) is 5.73 Å². The van der Waals surface area contributed by atoms with Crippen LogP contribution in [0.2, 0.25) is 0 Å². The number of nitrogens with two attached hydrogens (primary N) is 1. The lowest BCUT2D eigenvalue weighted by Gasteiger charge is -2.19. The maximum absolute atomic E-state index is 13.7. The van der Waals surface area contributed by atoms with Crippen LogP contribution in [0, 0.1) is 0 Å². The molecule has 0 aliphatic heterocycles. The molecule has 0 unspecified atom stereocenters. The van der Waals surface area contributed by atoms with Crippen molar-refractivity contribution in [3.8, 4) is 0 Å². The highest BCUT2D eigenvalue weighted by molar-refractivity contribution is 7.13. The van der Waals surface area contributed by atoms with Crippen molar-refractivity contribution in [1.29, 1.82) is 0 Å². The maximum Gasteiger partial charge on any atom is 0.421 e. The van der Waals surface area contributed by atoms with Crippen molar-refractivity contribution in [2.45, 2.75) is 19.0 Å². The van der Waals surface area contributed by atoms with Gasteiger partial charge in [0.15, 0.2) is 5.13 Å². The topological polar surface area (TPSA) is 38.9 Å². The summed E-state index contributed by atoms with van der Waals surface area (Å²) in [5, 5.41) is 1.47. The number of nitrogens with zero attached hydrogens (tertiary/aromatic N) is 1. The van der Waals surface area contributed by atoms with Crippen molar-refractivity contribution in [3.05, 3.63) is 28.3 Å². The molecule has 98 valence electrons. The molecule has 18 heavy (non-hydrogen) atoms. The van der Waals surface area contributed by atoms with Crippen LogP contribution >= 0.6 is 11.3 Å². The van der Waals surface area contributed by atoms with Crippen LogP contribution in [0.4, 0.5) is 27.1 Å². The minimum Gasteiger partial charge on any atom is -0.375 e. The fraction of sp³-hybridized carbons (Fsp3) is 0.300. The van der Waals surface area contributed by atoms with Gasteiger partial charge in [-0.05, 0) is 6.42 Å². The summed E-state index contributed by atoms with van der Waals surface area (Å²) in [5.74, 6) is -3.08. The standard InChI is InChI=1S/C10H7F5N2S/c11-5-2-1-4(6-3-18-9(16)17-6)8(12)7(5)10(13,14)15/h3H,1-2H2,(H2,16,17). The molecule has 1 aliphatic carbocycles. The van der Waals surface area contributed by atoms with E-state index >= 15 is 0 Å². The lowest BCUT2D eigenvalue weighted by molar-refractivity contribution is -0.0933. The Hall–Kier alpha value is -1.44. The number of nitrogen functional groups attached to an aromatic ring is 1. The van der Waals surface area contributed by atoms with Crippen molar-refractivity contribution < 1.29 is 22.0 Å². The predicted molar refractivity (Wildman–Crippen MR) is 58.0 cm³/mol. The largest absolute Gasteiger partial charge is 0.421 e.